The van der Waals surface area contributed by atoms with Crippen LogP contribution >= 0.6 is 0 Å². The average molecular weight is 293 g/mol. The molecular weight excluding hydrogens is 273 g/mol. The zero-order chi connectivity index (χ0) is 14.9. The smallest absolute Gasteiger partial charge is 0.272 e. The summed E-state index contributed by atoms with van der Waals surface area (Å²) in [5.41, 5.74) is 0.752. The van der Waals surface area contributed by atoms with Crippen molar-refractivity contribution in [3.05, 3.63) is 39.7 Å². The number of rotatable bonds is 3. The van der Waals surface area contributed by atoms with Crippen molar-refractivity contribution >= 4 is 5.69 Å². The van der Waals surface area contributed by atoms with Crippen LogP contribution in [-0.4, -0.2) is 36.0 Å². The van der Waals surface area contributed by atoms with Crippen LogP contribution in [0.15, 0.2) is 18.2 Å². The van der Waals surface area contributed by atoms with Crippen molar-refractivity contribution in [2.45, 2.75) is 25.8 Å². The van der Waals surface area contributed by atoms with Crippen molar-refractivity contribution in [1.82, 2.24) is 10.2 Å². The number of nitrogens with zero attached hydrogens (tertiary/aromatic N) is 2. The number of nitrogens with one attached hydrogen (secondary N) is 1. The molecule has 21 heavy (non-hydrogen) atoms. The molecule has 6 heteroatoms. The van der Waals surface area contributed by atoms with Gasteiger partial charge in [0.05, 0.1) is 11.0 Å². The van der Waals surface area contributed by atoms with Gasteiger partial charge in [-0.3, -0.25) is 15.0 Å². The van der Waals surface area contributed by atoms with Gasteiger partial charge < -0.3 is 5.32 Å². The fourth-order valence-corrected chi connectivity index (χ4v) is 3.55. The largest absolute Gasteiger partial charge is 0.317 e. The molecule has 1 N–H and O–H groups in total. The van der Waals surface area contributed by atoms with Crippen LogP contribution in [-0.2, 0) is 6.54 Å². The standard InChI is InChI=1S/C15H20FN3O2/c16-14-9-13(19(20)21)2-1-12(14)10-18-8-5-15(11-18)3-6-17-7-4-15/h1-2,9,17H,3-8,10-11H2. The van der Waals surface area contributed by atoms with Gasteiger partial charge in [-0.25, -0.2) is 4.39 Å². The highest BCUT2D eigenvalue weighted by Gasteiger charge is 2.38. The molecule has 0 aromatic heterocycles. The molecule has 2 saturated heterocycles. The number of likely N-dealkylation sites (tertiary alicyclic amines) is 1. The van der Waals surface area contributed by atoms with Crippen LogP contribution < -0.4 is 5.32 Å². The van der Waals surface area contributed by atoms with Crippen molar-refractivity contribution < 1.29 is 9.31 Å². The minimum atomic E-state index is -0.563. The predicted octanol–water partition coefficient (Wildman–Crippen LogP) is 2.31. The Hall–Kier alpha value is -1.53. The second-order valence-electron chi connectivity index (χ2n) is 6.24. The maximum atomic E-state index is 14.0. The number of hydrogen-bond donors (Lipinski definition) is 1. The Kier molecular flexibility index (Phi) is 3.91. The summed E-state index contributed by atoms with van der Waals surface area (Å²) in [6, 6.07) is 3.95. The summed E-state index contributed by atoms with van der Waals surface area (Å²) in [5.74, 6) is -0.476. The summed E-state index contributed by atoms with van der Waals surface area (Å²) in [7, 11) is 0. The quantitative estimate of drug-likeness (QED) is 0.686. The molecule has 0 saturated carbocycles. The van der Waals surface area contributed by atoms with Crippen molar-refractivity contribution in [3.8, 4) is 0 Å². The van der Waals surface area contributed by atoms with E-state index >= 15 is 0 Å². The zero-order valence-electron chi connectivity index (χ0n) is 12.0. The molecule has 0 radical (unpaired) electrons. The van der Waals surface area contributed by atoms with E-state index in [2.05, 4.69) is 10.2 Å². The van der Waals surface area contributed by atoms with Crippen LogP contribution in [0.25, 0.3) is 0 Å². The summed E-state index contributed by atoms with van der Waals surface area (Å²) in [6.07, 6.45) is 3.54. The predicted molar refractivity (Wildman–Crippen MR) is 77.5 cm³/mol. The maximum Gasteiger partial charge on any atom is 0.272 e. The van der Waals surface area contributed by atoms with Crippen molar-refractivity contribution in [2.24, 2.45) is 5.41 Å². The minimum absolute atomic E-state index is 0.188. The lowest BCUT2D eigenvalue weighted by Crippen LogP contribution is -2.38. The third-order valence-electron chi connectivity index (χ3n) is 4.82. The summed E-state index contributed by atoms with van der Waals surface area (Å²) >= 11 is 0. The van der Waals surface area contributed by atoms with E-state index in [0.29, 0.717) is 17.5 Å². The highest BCUT2D eigenvalue weighted by atomic mass is 19.1. The fourth-order valence-electron chi connectivity index (χ4n) is 3.55. The SMILES string of the molecule is O=[N+]([O-])c1ccc(CN2CCC3(CCNCC3)C2)c(F)c1. The first kappa shape index (κ1) is 14.4. The van der Waals surface area contributed by atoms with E-state index in [0.717, 1.165) is 32.2 Å². The highest BCUT2D eigenvalue weighted by Crippen LogP contribution is 2.39. The monoisotopic (exact) mass is 293 g/mol. The van der Waals surface area contributed by atoms with E-state index in [9.17, 15) is 14.5 Å². The molecule has 5 nitrogen and oxygen atoms in total. The van der Waals surface area contributed by atoms with Crippen molar-refractivity contribution in [1.29, 1.82) is 0 Å². The molecule has 1 aromatic carbocycles. The van der Waals surface area contributed by atoms with Gasteiger partial charge in [-0.05, 0) is 50.4 Å². The van der Waals surface area contributed by atoms with Crippen LogP contribution in [0.3, 0.4) is 0 Å². The second-order valence-corrected chi connectivity index (χ2v) is 6.24. The highest BCUT2D eigenvalue weighted by molar-refractivity contribution is 5.34. The number of non-ortho nitro benzene ring substituents is 1. The number of nitro benzene ring substituents is 1. The van der Waals surface area contributed by atoms with E-state index in [-0.39, 0.29) is 5.69 Å². The Bertz CT molecular complexity index is 544. The van der Waals surface area contributed by atoms with E-state index in [1.807, 2.05) is 0 Å². The molecule has 2 aliphatic heterocycles. The number of halogens is 1. The van der Waals surface area contributed by atoms with E-state index < -0.39 is 10.7 Å². The average Bonchev–Trinajstić information content (AvgIpc) is 2.84. The second kappa shape index (κ2) is 5.69. The van der Waals surface area contributed by atoms with E-state index in [1.54, 1.807) is 6.07 Å². The van der Waals surface area contributed by atoms with Crippen molar-refractivity contribution in [2.75, 3.05) is 26.2 Å². The number of benzene rings is 1. The van der Waals surface area contributed by atoms with Gasteiger partial charge in [-0.1, -0.05) is 0 Å². The molecule has 1 aromatic rings. The first-order valence-electron chi connectivity index (χ1n) is 7.44. The summed E-state index contributed by atoms with van der Waals surface area (Å²) in [5, 5.41) is 14.0. The maximum absolute atomic E-state index is 14.0. The third-order valence-corrected chi connectivity index (χ3v) is 4.82. The van der Waals surface area contributed by atoms with Gasteiger partial charge in [0.2, 0.25) is 0 Å². The van der Waals surface area contributed by atoms with Crippen LogP contribution in [0.2, 0.25) is 0 Å². The molecule has 1 spiro atoms. The topological polar surface area (TPSA) is 58.4 Å². The Morgan fingerprint density at radius 1 is 1.33 bits per heavy atom. The molecule has 0 aliphatic carbocycles. The Morgan fingerprint density at radius 2 is 2.10 bits per heavy atom. The first-order valence-corrected chi connectivity index (χ1v) is 7.44. The zero-order valence-corrected chi connectivity index (χ0v) is 12.0. The lowest BCUT2D eigenvalue weighted by molar-refractivity contribution is -0.385. The summed E-state index contributed by atoms with van der Waals surface area (Å²) in [6.45, 7) is 4.67. The Balaban J connectivity index is 1.66. The summed E-state index contributed by atoms with van der Waals surface area (Å²) < 4.78 is 14.0. The van der Waals surface area contributed by atoms with E-state index in [1.165, 1.54) is 25.3 Å². The van der Waals surface area contributed by atoms with Crippen LogP contribution in [0.5, 0.6) is 0 Å². The molecule has 0 atom stereocenters. The lowest BCUT2D eigenvalue weighted by atomic mass is 9.78. The number of piperidine rings is 1. The molecule has 2 aliphatic rings. The van der Waals surface area contributed by atoms with Crippen molar-refractivity contribution in [3.63, 3.8) is 0 Å². The van der Waals surface area contributed by atoms with Crippen LogP contribution in [0, 0.1) is 21.3 Å². The number of hydrogen-bond acceptors (Lipinski definition) is 4. The molecule has 3 rings (SSSR count). The molecule has 2 fully saturated rings. The summed E-state index contributed by atoms with van der Waals surface area (Å²) in [4.78, 5) is 12.3. The van der Waals surface area contributed by atoms with Crippen LogP contribution in [0.4, 0.5) is 10.1 Å². The van der Waals surface area contributed by atoms with Crippen LogP contribution in [0.1, 0.15) is 24.8 Å². The van der Waals surface area contributed by atoms with Gasteiger partial charge in [0.25, 0.3) is 5.69 Å². The van der Waals surface area contributed by atoms with Gasteiger partial charge in [-0.15, -0.1) is 0 Å². The molecule has 0 amide bonds. The molecular formula is C15H20FN3O2. The van der Waals surface area contributed by atoms with E-state index in [4.69, 9.17) is 0 Å². The van der Waals surface area contributed by atoms with Gasteiger partial charge >= 0.3 is 0 Å². The minimum Gasteiger partial charge on any atom is -0.317 e. The first-order chi connectivity index (χ1) is 10.1. The lowest BCUT2D eigenvalue weighted by Gasteiger charge is -2.33. The van der Waals surface area contributed by atoms with Gasteiger partial charge in [0, 0.05) is 24.7 Å². The molecule has 0 bridgehead atoms. The van der Waals surface area contributed by atoms with Gasteiger partial charge in [-0.2, -0.15) is 0 Å². The Morgan fingerprint density at radius 3 is 2.76 bits per heavy atom. The molecule has 2 heterocycles. The van der Waals surface area contributed by atoms with Gasteiger partial charge in [0.1, 0.15) is 5.82 Å². The van der Waals surface area contributed by atoms with Gasteiger partial charge in [0.15, 0.2) is 0 Å². The molecule has 114 valence electrons. The fraction of sp³-hybridized carbons (Fsp3) is 0.600. The normalized spacial score (nSPS) is 21.8. The molecule has 0 unspecified atom stereocenters. The Labute approximate surface area is 123 Å². The number of nitro groups is 1. The third kappa shape index (κ3) is 3.06.